The van der Waals surface area contributed by atoms with Crippen molar-refractivity contribution < 1.29 is 14.0 Å². The topological polar surface area (TPSA) is 84.0 Å². The van der Waals surface area contributed by atoms with Crippen LogP contribution in [0.2, 0.25) is 5.02 Å². The number of carbonyl (C=O) groups excluding carboxylic acids is 2. The van der Waals surface area contributed by atoms with Gasteiger partial charge in [-0.2, -0.15) is 0 Å². The average molecular weight is 365 g/mol. The number of fused-ring (bicyclic) bond motifs is 1. The van der Waals surface area contributed by atoms with Crippen LogP contribution in [0.1, 0.15) is 25.9 Å². The number of nitrogens with zero attached hydrogens (tertiary/aromatic N) is 2. The summed E-state index contributed by atoms with van der Waals surface area (Å²) in [7, 11) is 0. The molecule has 3 rings (SSSR count). The highest BCUT2D eigenvalue weighted by Gasteiger charge is 2.18. The molecule has 2 aromatic heterocycles. The summed E-state index contributed by atoms with van der Waals surface area (Å²) in [6.07, 6.45) is 2.74. The molecule has 0 unspecified atom stereocenters. The molecule has 0 aliphatic rings. The van der Waals surface area contributed by atoms with E-state index in [0.717, 1.165) is 11.3 Å². The first kappa shape index (κ1) is 16.3. The highest BCUT2D eigenvalue weighted by atomic mass is 35.5. The van der Waals surface area contributed by atoms with Gasteiger partial charge in [0.15, 0.2) is 0 Å². The molecule has 2 amide bonds. The number of nitrogens with one attached hydrogen (secondary N) is 2. The lowest BCUT2D eigenvalue weighted by Crippen LogP contribution is -2.41. The van der Waals surface area contributed by atoms with E-state index in [1.807, 2.05) is 0 Å². The second kappa shape index (κ2) is 6.50. The number of hydrazine groups is 1. The van der Waals surface area contributed by atoms with Gasteiger partial charge in [0.1, 0.15) is 16.4 Å². The normalized spacial score (nSPS) is 10.6. The van der Waals surface area contributed by atoms with Gasteiger partial charge >= 0.3 is 0 Å². The molecule has 0 bridgehead atoms. The Hall–Kier alpha value is -2.58. The fourth-order valence-electron chi connectivity index (χ4n) is 1.93. The Balaban J connectivity index is 1.74. The molecule has 0 fully saturated rings. The van der Waals surface area contributed by atoms with Crippen molar-refractivity contribution in [2.24, 2.45) is 0 Å². The molecule has 0 saturated heterocycles. The van der Waals surface area contributed by atoms with Crippen molar-refractivity contribution >= 4 is 44.8 Å². The number of hydrogen-bond acceptors (Lipinski definition) is 5. The lowest BCUT2D eigenvalue weighted by Gasteiger charge is -2.05. The first-order chi connectivity index (χ1) is 11.5. The Labute approximate surface area is 144 Å². The maximum absolute atomic E-state index is 13.2. The molecule has 9 heteroatoms. The van der Waals surface area contributed by atoms with Crippen molar-refractivity contribution in [2.75, 3.05) is 0 Å². The molecular weight excluding hydrogens is 355 g/mol. The van der Waals surface area contributed by atoms with Gasteiger partial charge in [0.05, 0.1) is 16.9 Å². The van der Waals surface area contributed by atoms with E-state index in [-0.39, 0.29) is 15.6 Å². The molecule has 2 heterocycles. The SMILES string of the molecule is Cc1cnc(C(=O)NNC(=O)c2sc3cc(F)ccc3c2Cl)cn1. The Morgan fingerprint density at radius 3 is 2.62 bits per heavy atom. The van der Waals surface area contributed by atoms with Crippen LogP contribution in [0.15, 0.2) is 30.6 Å². The number of aromatic nitrogens is 2. The number of rotatable bonds is 2. The summed E-state index contributed by atoms with van der Waals surface area (Å²) < 4.78 is 13.8. The van der Waals surface area contributed by atoms with E-state index in [1.165, 1.54) is 30.6 Å². The number of halogens is 2. The zero-order valence-electron chi connectivity index (χ0n) is 12.3. The van der Waals surface area contributed by atoms with E-state index in [9.17, 15) is 14.0 Å². The third-order valence-corrected chi connectivity index (χ3v) is 4.76. The minimum Gasteiger partial charge on any atom is -0.266 e. The smallest absolute Gasteiger partial charge is 0.266 e. The van der Waals surface area contributed by atoms with Crippen molar-refractivity contribution in [2.45, 2.75) is 6.92 Å². The molecule has 0 atom stereocenters. The lowest BCUT2D eigenvalue weighted by molar-refractivity contribution is 0.0846. The first-order valence-electron chi connectivity index (χ1n) is 6.72. The summed E-state index contributed by atoms with van der Waals surface area (Å²) in [6, 6.07) is 4.06. The minimum absolute atomic E-state index is 0.0606. The predicted molar refractivity (Wildman–Crippen MR) is 88.5 cm³/mol. The fourth-order valence-corrected chi connectivity index (χ4v) is 3.37. The third kappa shape index (κ3) is 3.19. The van der Waals surface area contributed by atoms with Crippen molar-refractivity contribution in [1.29, 1.82) is 0 Å². The van der Waals surface area contributed by atoms with Gasteiger partial charge in [-0.3, -0.25) is 25.4 Å². The standard InChI is InChI=1S/C15H10ClFN4O2S/c1-7-5-19-10(6-18-7)14(22)20-21-15(23)13-12(16)9-3-2-8(17)4-11(9)24-13/h2-6H,1H3,(H,20,22)(H,21,23). The molecule has 0 saturated carbocycles. The fraction of sp³-hybridized carbons (Fsp3) is 0.0667. The van der Waals surface area contributed by atoms with Crippen LogP contribution in [0.25, 0.3) is 10.1 Å². The average Bonchev–Trinajstić information content (AvgIpc) is 2.89. The van der Waals surface area contributed by atoms with Crippen molar-refractivity contribution in [1.82, 2.24) is 20.8 Å². The van der Waals surface area contributed by atoms with Crippen molar-refractivity contribution in [3.05, 3.63) is 57.7 Å². The highest BCUT2D eigenvalue weighted by Crippen LogP contribution is 2.35. The summed E-state index contributed by atoms with van der Waals surface area (Å²) in [4.78, 5) is 32.1. The minimum atomic E-state index is -0.612. The van der Waals surface area contributed by atoms with Crippen molar-refractivity contribution in [3.63, 3.8) is 0 Å². The van der Waals surface area contributed by atoms with Crippen LogP contribution in [0, 0.1) is 12.7 Å². The zero-order valence-corrected chi connectivity index (χ0v) is 13.8. The zero-order chi connectivity index (χ0) is 17.3. The maximum atomic E-state index is 13.2. The van der Waals surface area contributed by atoms with E-state index in [4.69, 9.17) is 11.6 Å². The van der Waals surface area contributed by atoms with Crippen LogP contribution < -0.4 is 10.9 Å². The van der Waals surface area contributed by atoms with Gasteiger partial charge in [0, 0.05) is 16.3 Å². The number of amides is 2. The molecule has 24 heavy (non-hydrogen) atoms. The van der Waals surface area contributed by atoms with Gasteiger partial charge < -0.3 is 0 Å². The van der Waals surface area contributed by atoms with Gasteiger partial charge in [-0.25, -0.2) is 9.37 Å². The largest absolute Gasteiger partial charge is 0.289 e. The summed E-state index contributed by atoms with van der Waals surface area (Å²) in [5.41, 5.74) is 5.21. The van der Waals surface area contributed by atoms with Crippen LogP contribution >= 0.6 is 22.9 Å². The van der Waals surface area contributed by atoms with E-state index in [1.54, 1.807) is 6.92 Å². The van der Waals surface area contributed by atoms with E-state index >= 15 is 0 Å². The van der Waals surface area contributed by atoms with Gasteiger partial charge in [0.25, 0.3) is 11.8 Å². The molecule has 0 spiro atoms. The Morgan fingerprint density at radius 2 is 1.92 bits per heavy atom. The summed E-state index contributed by atoms with van der Waals surface area (Å²) in [5.74, 6) is -1.63. The first-order valence-corrected chi connectivity index (χ1v) is 7.92. The van der Waals surface area contributed by atoms with E-state index in [2.05, 4.69) is 20.8 Å². The van der Waals surface area contributed by atoms with Crippen LogP contribution in [-0.2, 0) is 0 Å². The van der Waals surface area contributed by atoms with Crippen LogP contribution in [0.3, 0.4) is 0 Å². The number of aryl methyl sites for hydroxylation is 1. The lowest BCUT2D eigenvalue weighted by atomic mass is 10.2. The number of hydrogen-bond donors (Lipinski definition) is 2. The molecule has 0 aliphatic carbocycles. The summed E-state index contributed by atoms with van der Waals surface area (Å²) >= 11 is 7.18. The number of carbonyl (C=O) groups is 2. The second-order valence-corrected chi connectivity index (χ2v) is 6.27. The molecule has 122 valence electrons. The summed E-state index contributed by atoms with van der Waals surface area (Å²) in [6.45, 7) is 1.74. The van der Waals surface area contributed by atoms with Gasteiger partial charge in [0.2, 0.25) is 0 Å². The van der Waals surface area contributed by atoms with Crippen LogP contribution in [0.4, 0.5) is 4.39 Å². The predicted octanol–water partition coefficient (Wildman–Crippen LogP) is 2.87. The van der Waals surface area contributed by atoms with Crippen molar-refractivity contribution in [3.8, 4) is 0 Å². The molecule has 1 aromatic carbocycles. The Kier molecular flexibility index (Phi) is 4.41. The Morgan fingerprint density at radius 1 is 1.17 bits per heavy atom. The van der Waals surface area contributed by atoms with Crippen LogP contribution in [-0.4, -0.2) is 21.8 Å². The molecule has 0 aliphatic heterocycles. The third-order valence-electron chi connectivity index (χ3n) is 3.10. The maximum Gasteiger partial charge on any atom is 0.289 e. The van der Waals surface area contributed by atoms with Gasteiger partial charge in [-0.1, -0.05) is 11.6 Å². The Bertz CT molecular complexity index is 943. The number of thiophene rings is 1. The van der Waals surface area contributed by atoms with Gasteiger partial charge in [-0.15, -0.1) is 11.3 Å². The molecule has 6 nitrogen and oxygen atoms in total. The quantitative estimate of drug-likeness (QED) is 0.685. The number of benzene rings is 1. The molecule has 3 aromatic rings. The summed E-state index contributed by atoms with van der Waals surface area (Å²) in [5, 5.41) is 0.779. The van der Waals surface area contributed by atoms with E-state index < -0.39 is 17.6 Å². The van der Waals surface area contributed by atoms with Gasteiger partial charge in [-0.05, 0) is 25.1 Å². The molecular formula is C15H10ClFN4O2S. The second-order valence-electron chi connectivity index (χ2n) is 4.84. The molecule has 0 radical (unpaired) electrons. The molecule has 2 N–H and O–H groups in total. The monoisotopic (exact) mass is 364 g/mol. The highest BCUT2D eigenvalue weighted by molar-refractivity contribution is 7.21. The van der Waals surface area contributed by atoms with Crippen LogP contribution in [0.5, 0.6) is 0 Å². The van der Waals surface area contributed by atoms with E-state index in [0.29, 0.717) is 15.8 Å².